The lowest BCUT2D eigenvalue weighted by molar-refractivity contribution is -0.129. The maximum Gasteiger partial charge on any atom is 0.291 e. The van der Waals surface area contributed by atoms with Crippen LogP contribution in [0.15, 0.2) is 65.3 Å². The summed E-state index contributed by atoms with van der Waals surface area (Å²) in [4.78, 5) is 36.5. The molecular weight excluding hydrogens is 424 g/mol. The van der Waals surface area contributed by atoms with Crippen LogP contribution in [-0.4, -0.2) is 31.4 Å². The second-order valence-electron chi connectivity index (χ2n) is 6.54. The van der Waals surface area contributed by atoms with E-state index in [0.29, 0.717) is 5.69 Å². The van der Waals surface area contributed by atoms with Gasteiger partial charge in [-0.3, -0.25) is 14.4 Å². The molecule has 1 aromatic heterocycles. The van der Waals surface area contributed by atoms with Crippen LogP contribution in [-0.2, 0) is 9.59 Å². The summed E-state index contributed by atoms with van der Waals surface area (Å²) < 4.78 is 37.2. The van der Waals surface area contributed by atoms with E-state index in [-0.39, 0.29) is 17.1 Å². The topological polar surface area (TPSA) is 110 Å². The normalized spacial score (nSPS) is 11.3. The molecule has 166 valence electrons. The molecule has 3 N–H and O–H groups in total. The smallest absolute Gasteiger partial charge is 0.291 e. The summed E-state index contributed by atoms with van der Waals surface area (Å²) in [6.07, 6.45) is 1.37. The zero-order valence-corrected chi connectivity index (χ0v) is 16.9. The molecule has 2 aromatic carbocycles. The van der Waals surface area contributed by atoms with Crippen LogP contribution in [0.3, 0.4) is 0 Å². The molecule has 0 saturated heterocycles. The Kier molecular flexibility index (Phi) is 7.17. The first-order chi connectivity index (χ1) is 15.4. The molecule has 0 saturated carbocycles. The standard InChI is InChI=1S/C22H19F2N3O5/c1-25-22(30)20(13-7-8-16(23)17(24)10-13)27-19(28)12-32-15-5-2-4-14(11-15)26-21(29)18-6-3-9-31-18/h2-11,20H,12H2,1H3,(H,25,30)(H,26,29)(H,27,28). The third-order valence-electron chi connectivity index (χ3n) is 4.30. The molecule has 0 spiro atoms. The minimum Gasteiger partial charge on any atom is -0.484 e. The highest BCUT2D eigenvalue weighted by molar-refractivity contribution is 6.02. The molecule has 10 heteroatoms. The molecular formula is C22H19F2N3O5. The van der Waals surface area contributed by atoms with Gasteiger partial charge in [0.15, 0.2) is 24.0 Å². The number of furan rings is 1. The van der Waals surface area contributed by atoms with Crippen molar-refractivity contribution in [3.63, 3.8) is 0 Å². The molecule has 32 heavy (non-hydrogen) atoms. The van der Waals surface area contributed by atoms with Crippen molar-refractivity contribution in [2.75, 3.05) is 19.0 Å². The highest BCUT2D eigenvalue weighted by Gasteiger charge is 2.23. The summed E-state index contributed by atoms with van der Waals surface area (Å²) in [7, 11) is 1.35. The molecule has 3 rings (SSSR count). The largest absolute Gasteiger partial charge is 0.484 e. The Labute approximate surface area is 181 Å². The Morgan fingerprint density at radius 1 is 1.03 bits per heavy atom. The van der Waals surface area contributed by atoms with Crippen LogP contribution in [0.2, 0.25) is 0 Å². The summed E-state index contributed by atoms with van der Waals surface area (Å²) >= 11 is 0. The number of ether oxygens (including phenoxy) is 1. The minimum atomic E-state index is -1.25. The molecule has 0 aliphatic heterocycles. The van der Waals surface area contributed by atoms with E-state index >= 15 is 0 Å². The van der Waals surface area contributed by atoms with Crippen LogP contribution in [0.4, 0.5) is 14.5 Å². The van der Waals surface area contributed by atoms with Gasteiger partial charge in [-0.2, -0.15) is 0 Å². The summed E-state index contributed by atoms with van der Waals surface area (Å²) in [5, 5.41) is 7.40. The van der Waals surface area contributed by atoms with E-state index in [1.807, 2.05) is 0 Å². The van der Waals surface area contributed by atoms with Crippen LogP contribution < -0.4 is 20.7 Å². The number of benzene rings is 2. The SMILES string of the molecule is CNC(=O)C(NC(=O)COc1cccc(NC(=O)c2ccco2)c1)c1ccc(F)c(F)c1. The molecule has 0 bridgehead atoms. The van der Waals surface area contributed by atoms with Gasteiger partial charge in [0.05, 0.1) is 6.26 Å². The number of amides is 3. The van der Waals surface area contributed by atoms with Crippen molar-refractivity contribution in [2.24, 2.45) is 0 Å². The molecule has 0 aliphatic rings. The van der Waals surface area contributed by atoms with E-state index in [1.165, 1.54) is 31.5 Å². The Bertz CT molecular complexity index is 1120. The molecule has 8 nitrogen and oxygen atoms in total. The lowest BCUT2D eigenvalue weighted by Crippen LogP contribution is -2.41. The Morgan fingerprint density at radius 3 is 2.53 bits per heavy atom. The second-order valence-corrected chi connectivity index (χ2v) is 6.54. The van der Waals surface area contributed by atoms with Gasteiger partial charge in [0.2, 0.25) is 5.91 Å². The fourth-order valence-corrected chi connectivity index (χ4v) is 2.75. The molecule has 1 heterocycles. The van der Waals surface area contributed by atoms with E-state index in [2.05, 4.69) is 16.0 Å². The van der Waals surface area contributed by atoms with E-state index in [0.717, 1.165) is 12.1 Å². The van der Waals surface area contributed by atoms with Gasteiger partial charge in [0.25, 0.3) is 11.8 Å². The summed E-state index contributed by atoms with van der Waals surface area (Å²) in [5.74, 6) is -3.55. The Balaban J connectivity index is 1.62. The predicted octanol–water partition coefficient (Wildman–Crippen LogP) is 2.79. The van der Waals surface area contributed by atoms with Crippen LogP contribution in [0.25, 0.3) is 0 Å². The molecule has 3 aromatic rings. The number of anilines is 1. The summed E-state index contributed by atoms with van der Waals surface area (Å²) in [6.45, 7) is -0.466. The molecule has 3 amide bonds. The van der Waals surface area contributed by atoms with Crippen molar-refractivity contribution in [1.29, 1.82) is 0 Å². The third kappa shape index (κ3) is 5.69. The first-order valence-electron chi connectivity index (χ1n) is 9.41. The first kappa shape index (κ1) is 22.5. The van der Waals surface area contributed by atoms with Crippen molar-refractivity contribution in [1.82, 2.24) is 10.6 Å². The quantitative estimate of drug-likeness (QED) is 0.496. The fourth-order valence-electron chi connectivity index (χ4n) is 2.75. The molecule has 1 atom stereocenters. The van der Waals surface area contributed by atoms with Gasteiger partial charge in [-0.05, 0) is 42.0 Å². The van der Waals surface area contributed by atoms with Crippen LogP contribution >= 0.6 is 0 Å². The summed E-state index contributed by atoms with van der Waals surface area (Å²) in [5.41, 5.74) is 0.480. The number of likely N-dealkylation sites (N-methyl/N-ethyl adjacent to an activating group) is 1. The van der Waals surface area contributed by atoms with Crippen LogP contribution in [0, 0.1) is 11.6 Å². The monoisotopic (exact) mass is 443 g/mol. The zero-order valence-electron chi connectivity index (χ0n) is 16.9. The Morgan fingerprint density at radius 2 is 1.84 bits per heavy atom. The lowest BCUT2D eigenvalue weighted by atomic mass is 10.1. The minimum absolute atomic E-state index is 0.0687. The zero-order chi connectivity index (χ0) is 23.1. The van der Waals surface area contributed by atoms with E-state index in [9.17, 15) is 23.2 Å². The van der Waals surface area contributed by atoms with Gasteiger partial charge < -0.3 is 25.1 Å². The number of hydrogen-bond acceptors (Lipinski definition) is 5. The highest BCUT2D eigenvalue weighted by Crippen LogP contribution is 2.19. The number of hydrogen-bond donors (Lipinski definition) is 3. The average molecular weight is 443 g/mol. The van der Waals surface area contributed by atoms with Crippen molar-refractivity contribution in [3.8, 4) is 5.75 Å². The van der Waals surface area contributed by atoms with Crippen LogP contribution in [0.1, 0.15) is 22.2 Å². The number of carbonyl (C=O) groups is 3. The van der Waals surface area contributed by atoms with Crippen molar-refractivity contribution in [3.05, 3.63) is 83.8 Å². The van der Waals surface area contributed by atoms with E-state index < -0.39 is 42.0 Å². The summed E-state index contributed by atoms with van der Waals surface area (Å²) in [6, 6.07) is 11.1. The van der Waals surface area contributed by atoms with Crippen molar-refractivity contribution >= 4 is 23.4 Å². The van der Waals surface area contributed by atoms with E-state index in [4.69, 9.17) is 9.15 Å². The number of halogens is 2. The fraction of sp³-hybridized carbons (Fsp3) is 0.136. The van der Waals surface area contributed by atoms with Gasteiger partial charge in [-0.1, -0.05) is 12.1 Å². The van der Waals surface area contributed by atoms with Gasteiger partial charge in [0, 0.05) is 18.8 Å². The van der Waals surface area contributed by atoms with Gasteiger partial charge in [-0.15, -0.1) is 0 Å². The second kappa shape index (κ2) is 10.2. The van der Waals surface area contributed by atoms with Gasteiger partial charge in [0.1, 0.15) is 11.8 Å². The highest BCUT2D eigenvalue weighted by atomic mass is 19.2. The molecule has 0 fully saturated rings. The molecule has 0 radical (unpaired) electrons. The average Bonchev–Trinajstić information content (AvgIpc) is 3.33. The predicted molar refractivity (Wildman–Crippen MR) is 110 cm³/mol. The van der Waals surface area contributed by atoms with Gasteiger partial charge in [-0.25, -0.2) is 8.78 Å². The number of rotatable bonds is 8. The third-order valence-corrected chi connectivity index (χ3v) is 4.30. The van der Waals surface area contributed by atoms with Crippen LogP contribution in [0.5, 0.6) is 5.75 Å². The molecule has 1 unspecified atom stereocenters. The maximum atomic E-state index is 13.6. The Hall–Kier alpha value is -4.21. The maximum absolute atomic E-state index is 13.6. The lowest BCUT2D eigenvalue weighted by Gasteiger charge is -2.18. The molecule has 0 aliphatic carbocycles. The van der Waals surface area contributed by atoms with Crippen molar-refractivity contribution < 1.29 is 32.3 Å². The number of carbonyl (C=O) groups excluding carboxylic acids is 3. The van der Waals surface area contributed by atoms with Crippen molar-refractivity contribution in [2.45, 2.75) is 6.04 Å². The van der Waals surface area contributed by atoms with E-state index in [1.54, 1.807) is 24.3 Å². The first-order valence-corrected chi connectivity index (χ1v) is 9.41. The number of nitrogens with one attached hydrogen (secondary N) is 3. The van der Waals surface area contributed by atoms with Gasteiger partial charge >= 0.3 is 0 Å².